The first-order chi connectivity index (χ1) is 5.74. The number of nitrogens with one attached hydrogen (secondary N) is 1. The van der Waals surface area contributed by atoms with Gasteiger partial charge in [0.1, 0.15) is 0 Å². The Bertz CT molecular complexity index is 136. The summed E-state index contributed by atoms with van der Waals surface area (Å²) in [7, 11) is 2.02. The summed E-state index contributed by atoms with van der Waals surface area (Å²) in [5.74, 6) is 0.463. The highest BCUT2D eigenvalue weighted by Gasteiger charge is 2.28. The number of hydrogen-bond donors (Lipinski definition) is 1. The van der Waals surface area contributed by atoms with Crippen LogP contribution in [0.15, 0.2) is 0 Å². The predicted molar refractivity (Wildman–Crippen MR) is 53.1 cm³/mol. The second-order valence-electron chi connectivity index (χ2n) is 2.81. The fourth-order valence-corrected chi connectivity index (χ4v) is 1.18. The Morgan fingerprint density at radius 1 is 1.58 bits per heavy atom. The summed E-state index contributed by atoms with van der Waals surface area (Å²) in [5, 5.41) is 2.80. The van der Waals surface area contributed by atoms with E-state index in [1.807, 2.05) is 27.8 Å². The van der Waals surface area contributed by atoms with E-state index < -0.39 is 0 Å². The van der Waals surface area contributed by atoms with Crippen LogP contribution in [-0.2, 0) is 4.79 Å². The van der Waals surface area contributed by atoms with E-state index in [-0.39, 0.29) is 13.3 Å². The third-order valence-corrected chi connectivity index (χ3v) is 1.79. The summed E-state index contributed by atoms with van der Waals surface area (Å²) < 4.78 is 0. The van der Waals surface area contributed by atoms with E-state index in [4.69, 9.17) is 0 Å². The van der Waals surface area contributed by atoms with Gasteiger partial charge in [0.05, 0.1) is 5.92 Å². The van der Waals surface area contributed by atoms with Gasteiger partial charge in [0.25, 0.3) is 0 Å². The molecule has 1 saturated heterocycles. The molecule has 1 aliphatic heterocycles. The minimum atomic E-state index is 0. The summed E-state index contributed by atoms with van der Waals surface area (Å²) in [4.78, 5) is 13.2. The van der Waals surface area contributed by atoms with Crippen molar-refractivity contribution in [2.45, 2.75) is 20.8 Å². The number of carbonyl (C=O) groups excluding carboxylic acids is 1. The second-order valence-corrected chi connectivity index (χ2v) is 2.81. The maximum atomic E-state index is 11.0. The summed E-state index contributed by atoms with van der Waals surface area (Å²) in [5.41, 5.74) is 0. The maximum absolute atomic E-state index is 11.0. The molecule has 1 N–H and O–H groups in total. The second kappa shape index (κ2) is 6.00. The van der Waals surface area contributed by atoms with E-state index in [0.29, 0.717) is 0 Å². The zero-order chi connectivity index (χ0) is 9.56. The van der Waals surface area contributed by atoms with Crippen LogP contribution in [0.25, 0.3) is 0 Å². The molecule has 3 nitrogen and oxygen atoms in total. The van der Waals surface area contributed by atoms with Crippen LogP contribution in [0.4, 0.5) is 0 Å². The van der Waals surface area contributed by atoms with Crippen molar-refractivity contribution in [1.29, 1.82) is 0 Å². The minimum Gasteiger partial charge on any atom is -0.356 e. The molecule has 0 bridgehead atoms. The van der Waals surface area contributed by atoms with Gasteiger partial charge in [-0.2, -0.15) is 0 Å². The summed E-state index contributed by atoms with van der Waals surface area (Å²) in [6, 6.07) is 0. The van der Waals surface area contributed by atoms with Crippen LogP contribution >= 0.6 is 0 Å². The quantitative estimate of drug-likeness (QED) is 0.676. The van der Waals surface area contributed by atoms with Crippen LogP contribution in [0.3, 0.4) is 0 Å². The van der Waals surface area contributed by atoms with Crippen LogP contribution in [0.2, 0.25) is 0 Å². The minimum absolute atomic E-state index is 0. The largest absolute Gasteiger partial charge is 0.356 e. The zero-order valence-electron chi connectivity index (χ0n) is 8.55. The van der Waals surface area contributed by atoms with Gasteiger partial charge in [-0.25, -0.2) is 0 Å². The lowest BCUT2D eigenvalue weighted by molar-refractivity contribution is -0.129. The zero-order valence-corrected chi connectivity index (χ0v) is 8.55. The number of carbonyl (C=O) groups is 1. The van der Waals surface area contributed by atoms with Gasteiger partial charge >= 0.3 is 0 Å². The first kappa shape index (κ1) is 11.4. The van der Waals surface area contributed by atoms with Crippen LogP contribution in [0.5, 0.6) is 0 Å². The molecule has 0 atom stereocenters. The number of rotatable bonds is 2. The third-order valence-electron chi connectivity index (χ3n) is 1.79. The molecule has 12 heavy (non-hydrogen) atoms. The van der Waals surface area contributed by atoms with Gasteiger partial charge in [0, 0.05) is 21.1 Å². The molecule has 1 aliphatic rings. The van der Waals surface area contributed by atoms with E-state index in [2.05, 4.69) is 10.2 Å². The van der Waals surface area contributed by atoms with Crippen molar-refractivity contribution in [3.8, 4) is 0 Å². The Kier molecular flexibility index (Phi) is 5.72. The van der Waals surface area contributed by atoms with E-state index >= 15 is 0 Å². The van der Waals surface area contributed by atoms with Crippen LogP contribution < -0.4 is 5.32 Å². The Morgan fingerprint density at radius 3 is 2.42 bits per heavy atom. The monoisotopic (exact) mass is 174 g/mol. The Hall–Kier alpha value is -0.570. The molecule has 0 unspecified atom stereocenters. The molecule has 0 spiro atoms. The molecule has 74 valence electrons. The predicted octanol–water partition coefficient (Wildman–Crippen LogP) is 0.956. The van der Waals surface area contributed by atoms with Gasteiger partial charge in [0.15, 0.2) is 0 Å². The van der Waals surface area contributed by atoms with Crippen LogP contribution in [0, 0.1) is 5.92 Å². The van der Waals surface area contributed by atoms with Crippen molar-refractivity contribution in [2.24, 2.45) is 5.92 Å². The smallest absolute Gasteiger partial charge is 0.225 e. The van der Waals surface area contributed by atoms with Gasteiger partial charge in [0.2, 0.25) is 5.91 Å². The standard InChI is InChI=1S/C7H14N2O.C2H6.H2/c1-3-8-7(10)6-4-9(2)5-6;1-2;/h6H,3-5H2,1-2H3,(H,8,10);1-2H3;1H. The SMILES string of the molecule is CC.CCNC(=O)C1CN(C)C1.[HH]. The van der Waals surface area contributed by atoms with E-state index in [1.54, 1.807) is 0 Å². The molecule has 0 aromatic heterocycles. The average molecular weight is 174 g/mol. The Labute approximate surface area is 76.6 Å². The normalized spacial score (nSPS) is 17.3. The van der Waals surface area contributed by atoms with E-state index in [1.165, 1.54) is 0 Å². The summed E-state index contributed by atoms with van der Waals surface area (Å²) in [6.45, 7) is 8.54. The molecule has 0 saturated carbocycles. The van der Waals surface area contributed by atoms with Crippen molar-refractivity contribution in [3.63, 3.8) is 0 Å². The topological polar surface area (TPSA) is 32.3 Å². The first-order valence-electron chi connectivity index (χ1n) is 4.70. The van der Waals surface area contributed by atoms with E-state index in [0.717, 1.165) is 19.6 Å². The molecular weight excluding hydrogens is 152 g/mol. The molecule has 3 heteroatoms. The lowest BCUT2D eigenvalue weighted by Crippen LogP contribution is -2.51. The van der Waals surface area contributed by atoms with Crippen LogP contribution in [-0.4, -0.2) is 37.5 Å². The number of likely N-dealkylation sites (tertiary alicyclic amines) is 1. The third kappa shape index (κ3) is 3.22. The molecule has 0 aromatic carbocycles. The van der Waals surface area contributed by atoms with Crippen molar-refractivity contribution in [1.82, 2.24) is 10.2 Å². The average Bonchev–Trinajstić information content (AvgIpc) is 2.03. The molecule has 0 radical (unpaired) electrons. The van der Waals surface area contributed by atoms with E-state index in [9.17, 15) is 4.79 Å². The van der Waals surface area contributed by atoms with Gasteiger partial charge < -0.3 is 10.2 Å². The number of amides is 1. The highest BCUT2D eigenvalue weighted by atomic mass is 16.2. The summed E-state index contributed by atoms with van der Waals surface area (Å²) >= 11 is 0. The van der Waals surface area contributed by atoms with Crippen molar-refractivity contribution in [2.75, 3.05) is 26.7 Å². The van der Waals surface area contributed by atoms with Crippen molar-refractivity contribution < 1.29 is 6.22 Å². The summed E-state index contributed by atoms with van der Waals surface area (Å²) in [6.07, 6.45) is 0. The van der Waals surface area contributed by atoms with Gasteiger partial charge in [-0.3, -0.25) is 4.79 Å². The lowest BCUT2D eigenvalue weighted by Gasteiger charge is -2.34. The van der Waals surface area contributed by atoms with Crippen molar-refractivity contribution in [3.05, 3.63) is 0 Å². The highest BCUT2D eigenvalue weighted by Crippen LogP contribution is 2.11. The maximum Gasteiger partial charge on any atom is 0.225 e. The first-order valence-corrected chi connectivity index (χ1v) is 4.70. The Morgan fingerprint density at radius 2 is 2.08 bits per heavy atom. The molecule has 1 amide bonds. The van der Waals surface area contributed by atoms with Crippen molar-refractivity contribution >= 4 is 5.91 Å². The molecule has 1 fully saturated rings. The lowest BCUT2D eigenvalue weighted by atomic mass is 10.0. The highest BCUT2D eigenvalue weighted by molar-refractivity contribution is 5.79. The number of nitrogens with zero attached hydrogens (tertiary/aromatic N) is 1. The van der Waals surface area contributed by atoms with Gasteiger partial charge in [-0.15, -0.1) is 0 Å². The molecular formula is C9H22N2O. The molecule has 1 rings (SSSR count). The molecule has 1 heterocycles. The fraction of sp³-hybridized carbons (Fsp3) is 0.889. The van der Waals surface area contributed by atoms with Gasteiger partial charge in [-0.1, -0.05) is 13.8 Å². The molecule has 0 aliphatic carbocycles. The van der Waals surface area contributed by atoms with Crippen LogP contribution in [0.1, 0.15) is 22.2 Å². The number of hydrogen-bond acceptors (Lipinski definition) is 2. The Balaban J connectivity index is 0. The molecule has 0 aromatic rings. The fourth-order valence-electron chi connectivity index (χ4n) is 1.18. The van der Waals surface area contributed by atoms with Gasteiger partial charge in [-0.05, 0) is 14.0 Å².